The molecular formula is C23H24FN3O4S2. The van der Waals surface area contributed by atoms with Crippen molar-refractivity contribution in [1.82, 2.24) is 14.8 Å². The predicted molar refractivity (Wildman–Crippen MR) is 124 cm³/mol. The first-order valence-electron chi connectivity index (χ1n) is 10.6. The lowest BCUT2D eigenvalue weighted by Gasteiger charge is -2.31. The maximum Gasteiger partial charge on any atom is 0.248 e. The van der Waals surface area contributed by atoms with Crippen LogP contribution in [0.1, 0.15) is 34.7 Å². The first kappa shape index (κ1) is 23.3. The van der Waals surface area contributed by atoms with Crippen LogP contribution < -0.4 is 5.32 Å². The van der Waals surface area contributed by atoms with Gasteiger partial charge in [0.1, 0.15) is 11.5 Å². The summed E-state index contributed by atoms with van der Waals surface area (Å²) in [7, 11) is -3.96. The SMILES string of the molecule is Cc1noc(/C=C/c2ccccc2F)c1S(=O)(=O)N1CCC[C@@H](C(=O)NCc2cccs2)C1. The molecule has 1 aliphatic rings. The standard InChI is InChI=1S/C23H24FN3O4S2/c1-16-22(21(31-26-16)11-10-17-6-2-3-9-20(17)24)33(29,30)27-12-4-7-18(15-27)23(28)25-14-19-8-5-13-32-19/h2-3,5-6,8-11,13,18H,4,7,12,14-15H2,1H3,(H,25,28)/b11-10+/t18-/m1/s1. The van der Waals surface area contributed by atoms with Crippen molar-refractivity contribution in [1.29, 1.82) is 0 Å². The number of halogens is 1. The second kappa shape index (κ2) is 9.98. The van der Waals surface area contributed by atoms with E-state index in [0.717, 1.165) is 4.88 Å². The Morgan fingerprint density at radius 3 is 2.88 bits per heavy atom. The van der Waals surface area contributed by atoms with Crippen molar-refractivity contribution in [3.05, 3.63) is 69.5 Å². The Labute approximate surface area is 196 Å². The number of carbonyl (C=O) groups excluding carboxylic acids is 1. The summed E-state index contributed by atoms with van der Waals surface area (Å²) in [4.78, 5) is 13.6. The number of benzene rings is 1. The van der Waals surface area contributed by atoms with E-state index in [1.165, 1.54) is 22.5 Å². The monoisotopic (exact) mass is 489 g/mol. The van der Waals surface area contributed by atoms with E-state index < -0.39 is 21.8 Å². The Morgan fingerprint density at radius 2 is 2.12 bits per heavy atom. The number of sulfonamides is 1. The zero-order chi connectivity index (χ0) is 23.4. The third kappa shape index (κ3) is 5.23. The molecule has 3 heterocycles. The largest absolute Gasteiger partial charge is 0.355 e. The quantitative estimate of drug-likeness (QED) is 0.540. The minimum absolute atomic E-state index is 0.0278. The van der Waals surface area contributed by atoms with Gasteiger partial charge in [-0.2, -0.15) is 4.31 Å². The molecule has 3 aromatic rings. The Kier molecular flexibility index (Phi) is 7.06. The molecule has 0 radical (unpaired) electrons. The minimum atomic E-state index is -3.96. The van der Waals surface area contributed by atoms with E-state index >= 15 is 0 Å². The molecule has 1 N–H and O–H groups in total. The van der Waals surface area contributed by atoms with Gasteiger partial charge in [0.2, 0.25) is 15.9 Å². The molecule has 0 aliphatic carbocycles. The number of hydrogen-bond donors (Lipinski definition) is 1. The van der Waals surface area contributed by atoms with Gasteiger partial charge in [0.15, 0.2) is 10.7 Å². The van der Waals surface area contributed by atoms with Gasteiger partial charge in [0, 0.05) is 23.5 Å². The van der Waals surface area contributed by atoms with Crippen LogP contribution in [0.5, 0.6) is 0 Å². The molecule has 4 rings (SSSR count). The van der Waals surface area contributed by atoms with Crippen molar-refractivity contribution in [3.63, 3.8) is 0 Å². The van der Waals surface area contributed by atoms with Crippen LogP contribution in [0.3, 0.4) is 0 Å². The molecule has 0 unspecified atom stereocenters. The number of nitrogens with one attached hydrogen (secondary N) is 1. The molecule has 7 nitrogen and oxygen atoms in total. The molecule has 1 aliphatic heterocycles. The van der Waals surface area contributed by atoms with E-state index in [-0.39, 0.29) is 28.8 Å². The zero-order valence-corrected chi connectivity index (χ0v) is 19.7. The van der Waals surface area contributed by atoms with Gasteiger partial charge in [-0.3, -0.25) is 4.79 Å². The molecule has 1 fully saturated rings. The van der Waals surface area contributed by atoms with Crippen molar-refractivity contribution >= 4 is 39.4 Å². The maximum absolute atomic E-state index is 13.9. The smallest absolute Gasteiger partial charge is 0.248 e. The fraction of sp³-hybridized carbons (Fsp3) is 0.304. The summed E-state index contributed by atoms with van der Waals surface area (Å²) in [5.41, 5.74) is 0.516. The van der Waals surface area contributed by atoms with Crippen molar-refractivity contribution in [3.8, 4) is 0 Å². The Hall–Kier alpha value is -2.82. The van der Waals surface area contributed by atoms with Crippen LogP contribution in [0, 0.1) is 18.7 Å². The topological polar surface area (TPSA) is 92.5 Å². The molecular weight excluding hydrogens is 465 g/mol. The summed E-state index contributed by atoms with van der Waals surface area (Å²) in [6.45, 7) is 2.36. The minimum Gasteiger partial charge on any atom is -0.355 e. The normalized spacial score (nSPS) is 17.5. The average Bonchev–Trinajstić information content (AvgIpc) is 3.47. The second-order valence-electron chi connectivity index (χ2n) is 7.82. The average molecular weight is 490 g/mol. The van der Waals surface area contributed by atoms with Crippen molar-refractivity contribution in [2.45, 2.75) is 31.2 Å². The fourth-order valence-corrected chi connectivity index (χ4v) is 6.23. The highest BCUT2D eigenvalue weighted by Gasteiger charge is 2.36. The molecule has 0 bridgehead atoms. The molecule has 1 aromatic carbocycles. The third-order valence-corrected chi connectivity index (χ3v) is 8.42. The molecule has 0 spiro atoms. The van der Waals surface area contributed by atoms with E-state index in [4.69, 9.17) is 4.52 Å². The van der Waals surface area contributed by atoms with Gasteiger partial charge in [-0.25, -0.2) is 12.8 Å². The summed E-state index contributed by atoms with van der Waals surface area (Å²) in [6, 6.07) is 10.0. The Balaban J connectivity index is 1.51. The lowest BCUT2D eigenvalue weighted by molar-refractivity contribution is -0.126. The van der Waals surface area contributed by atoms with Gasteiger partial charge < -0.3 is 9.84 Å². The number of rotatable bonds is 7. The summed E-state index contributed by atoms with van der Waals surface area (Å²) < 4.78 is 47.4. The first-order valence-corrected chi connectivity index (χ1v) is 12.9. The van der Waals surface area contributed by atoms with Gasteiger partial charge >= 0.3 is 0 Å². The lowest BCUT2D eigenvalue weighted by atomic mass is 9.99. The molecule has 0 saturated carbocycles. The highest BCUT2D eigenvalue weighted by atomic mass is 32.2. The number of piperidine rings is 1. The number of thiophene rings is 1. The highest BCUT2D eigenvalue weighted by Crippen LogP contribution is 2.29. The van der Waals surface area contributed by atoms with Gasteiger partial charge in [0.05, 0.1) is 12.5 Å². The van der Waals surface area contributed by atoms with E-state index in [9.17, 15) is 17.6 Å². The van der Waals surface area contributed by atoms with E-state index in [1.807, 2.05) is 17.5 Å². The molecule has 1 atom stereocenters. The third-order valence-electron chi connectivity index (χ3n) is 5.52. The van der Waals surface area contributed by atoms with Crippen LogP contribution >= 0.6 is 11.3 Å². The number of amides is 1. The van der Waals surface area contributed by atoms with Gasteiger partial charge in [-0.1, -0.05) is 29.4 Å². The van der Waals surface area contributed by atoms with Gasteiger partial charge in [-0.15, -0.1) is 11.3 Å². The van der Waals surface area contributed by atoms with E-state index in [2.05, 4.69) is 10.5 Å². The number of aryl methyl sites for hydroxylation is 1. The van der Waals surface area contributed by atoms with Crippen molar-refractivity contribution in [2.75, 3.05) is 13.1 Å². The summed E-state index contributed by atoms with van der Waals surface area (Å²) >= 11 is 1.55. The van der Waals surface area contributed by atoms with Crippen molar-refractivity contribution in [2.24, 2.45) is 5.92 Å². The van der Waals surface area contributed by atoms with Crippen LogP contribution in [-0.2, 0) is 21.4 Å². The molecule has 10 heteroatoms. The number of nitrogens with zero attached hydrogens (tertiary/aromatic N) is 2. The molecule has 2 aromatic heterocycles. The van der Waals surface area contributed by atoms with Crippen LogP contribution in [0.4, 0.5) is 4.39 Å². The first-order chi connectivity index (χ1) is 15.9. The predicted octanol–water partition coefficient (Wildman–Crippen LogP) is 4.07. The maximum atomic E-state index is 13.9. The molecule has 174 valence electrons. The lowest BCUT2D eigenvalue weighted by Crippen LogP contribution is -2.45. The summed E-state index contributed by atoms with van der Waals surface area (Å²) in [5, 5.41) is 8.66. The van der Waals surface area contributed by atoms with Crippen LogP contribution in [0.2, 0.25) is 0 Å². The molecule has 33 heavy (non-hydrogen) atoms. The molecule has 1 saturated heterocycles. The Bertz CT molecular complexity index is 1250. The number of carbonyl (C=O) groups is 1. The molecule has 1 amide bonds. The Morgan fingerprint density at radius 1 is 1.30 bits per heavy atom. The summed E-state index contributed by atoms with van der Waals surface area (Å²) in [5.74, 6) is -1.00. The fourth-order valence-electron chi connectivity index (χ4n) is 3.81. The van der Waals surface area contributed by atoms with Crippen molar-refractivity contribution < 1.29 is 22.1 Å². The summed E-state index contributed by atoms with van der Waals surface area (Å²) in [6.07, 6.45) is 4.04. The number of aromatic nitrogens is 1. The van der Waals surface area contributed by atoms with Crippen LogP contribution in [0.25, 0.3) is 12.2 Å². The highest BCUT2D eigenvalue weighted by molar-refractivity contribution is 7.89. The zero-order valence-electron chi connectivity index (χ0n) is 18.0. The van der Waals surface area contributed by atoms with Crippen LogP contribution in [-0.4, -0.2) is 36.9 Å². The van der Waals surface area contributed by atoms with Gasteiger partial charge in [0.25, 0.3) is 0 Å². The van der Waals surface area contributed by atoms with Crippen LogP contribution in [0.15, 0.2) is 51.2 Å². The van der Waals surface area contributed by atoms with E-state index in [0.29, 0.717) is 31.5 Å². The second-order valence-corrected chi connectivity index (χ2v) is 10.7. The van der Waals surface area contributed by atoms with E-state index in [1.54, 1.807) is 36.5 Å². The van der Waals surface area contributed by atoms with Gasteiger partial charge in [-0.05, 0) is 49.4 Å². The number of hydrogen-bond acceptors (Lipinski definition) is 6.